The second kappa shape index (κ2) is 9.94. The fourth-order valence-electron chi connectivity index (χ4n) is 3.34. The van der Waals surface area contributed by atoms with Gasteiger partial charge in [0.2, 0.25) is 5.91 Å². The largest absolute Gasteiger partial charge is 0.353 e. The number of aromatic nitrogens is 2. The third-order valence-corrected chi connectivity index (χ3v) is 6.11. The summed E-state index contributed by atoms with van der Waals surface area (Å²) in [6.45, 7) is 7.79. The molecule has 2 aromatic carbocycles. The fourth-order valence-corrected chi connectivity index (χ4v) is 4.39. The molecule has 5 nitrogen and oxygen atoms in total. The second-order valence-corrected chi connectivity index (χ2v) is 9.18. The molecule has 0 radical (unpaired) electrons. The van der Waals surface area contributed by atoms with Crippen LogP contribution in [0.3, 0.4) is 0 Å². The number of aryl methyl sites for hydroxylation is 1. The van der Waals surface area contributed by atoms with E-state index in [-0.39, 0.29) is 28.8 Å². The number of amides is 1. The van der Waals surface area contributed by atoms with Crippen molar-refractivity contribution < 1.29 is 4.79 Å². The van der Waals surface area contributed by atoms with E-state index in [1.807, 2.05) is 64.1 Å². The molecule has 2 atom stereocenters. The maximum Gasteiger partial charge on any atom is 0.262 e. The number of thioether (sulfide) groups is 1. The van der Waals surface area contributed by atoms with Gasteiger partial charge in [0.1, 0.15) is 0 Å². The molecule has 0 saturated carbocycles. The average Bonchev–Trinajstić information content (AvgIpc) is 2.72. The molecule has 0 aliphatic heterocycles. The van der Waals surface area contributed by atoms with E-state index in [1.54, 1.807) is 10.6 Å². The summed E-state index contributed by atoms with van der Waals surface area (Å²) < 4.78 is 1.68. The van der Waals surface area contributed by atoms with Gasteiger partial charge in [-0.3, -0.25) is 14.2 Å². The topological polar surface area (TPSA) is 64.0 Å². The number of nitrogens with zero attached hydrogens (tertiary/aromatic N) is 2. The summed E-state index contributed by atoms with van der Waals surface area (Å²) in [5.74, 6) is -0.0433. The number of hydrogen-bond acceptors (Lipinski definition) is 4. The van der Waals surface area contributed by atoms with Crippen LogP contribution in [0, 0.1) is 0 Å². The molecule has 0 saturated heterocycles. The number of nitrogens with one attached hydrogen (secondary N) is 1. The summed E-state index contributed by atoms with van der Waals surface area (Å²) in [6, 6.07) is 17.6. The van der Waals surface area contributed by atoms with E-state index in [0.717, 1.165) is 12.8 Å². The van der Waals surface area contributed by atoms with Crippen LogP contribution in [0.1, 0.15) is 45.7 Å². The van der Waals surface area contributed by atoms with Gasteiger partial charge in [0, 0.05) is 12.1 Å². The molecule has 1 heterocycles. The van der Waals surface area contributed by atoms with Gasteiger partial charge in [0.15, 0.2) is 5.16 Å². The first-order valence-electron chi connectivity index (χ1n) is 10.4. The molecule has 6 heteroatoms. The highest BCUT2D eigenvalue weighted by molar-refractivity contribution is 8.00. The van der Waals surface area contributed by atoms with Crippen LogP contribution in [0.4, 0.5) is 0 Å². The molecule has 0 aliphatic rings. The second-order valence-electron chi connectivity index (χ2n) is 7.87. The van der Waals surface area contributed by atoms with Gasteiger partial charge in [0.25, 0.3) is 5.56 Å². The Balaban J connectivity index is 1.69. The molecule has 3 rings (SSSR count). The maximum atomic E-state index is 12.9. The fraction of sp³-hybridized carbons (Fsp3) is 0.375. The summed E-state index contributed by atoms with van der Waals surface area (Å²) in [4.78, 5) is 30.4. The Kier molecular flexibility index (Phi) is 7.32. The molecule has 0 bridgehead atoms. The molecule has 0 aliphatic carbocycles. The van der Waals surface area contributed by atoms with Crippen LogP contribution in [0.15, 0.2) is 64.5 Å². The third kappa shape index (κ3) is 5.30. The highest BCUT2D eigenvalue weighted by Crippen LogP contribution is 2.25. The lowest BCUT2D eigenvalue weighted by molar-refractivity contribution is -0.120. The van der Waals surface area contributed by atoms with Crippen molar-refractivity contribution in [3.8, 4) is 0 Å². The van der Waals surface area contributed by atoms with E-state index < -0.39 is 0 Å². The standard InChI is InChI=1S/C24H29N3O2S/c1-16(2)27-23(29)20-12-8-9-13-21(20)26-24(27)30-18(4)22(28)25-17(3)14-15-19-10-6-5-7-11-19/h5-13,16-18H,14-15H2,1-4H3,(H,25,28)/t17-,18-/m0/s1. The summed E-state index contributed by atoms with van der Waals surface area (Å²) in [6.07, 6.45) is 1.79. The van der Waals surface area contributed by atoms with Crippen molar-refractivity contribution in [3.05, 3.63) is 70.5 Å². The van der Waals surface area contributed by atoms with Crippen LogP contribution in [-0.4, -0.2) is 26.8 Å². The van der Waals surface area contributed by atoms with Gasteiger partial charge in [0.05, 0.1) is 16.2 Å². The first kappa shape index (κ1) is 22.1. The minimum atomic E-state index is -0.359. The molecular formula is C24H29N3O2S. The number of carbonyl (C=O) groups excluding carboxylic acids is 1. The molecule has 1 N–H and O–H groups in total. The molecule has 3 aromatic rings. The Morgan fingerprint density at radius 3 is 2.40 bits per heavy atom. The molecule has 158 valence electrons. The quantitative estimate of drug-likeness (QED) is 0.425. The zero-order valence-corrected chi connectivity index (χ0v) is 18.8. The molecule has 0 spiro atoms. The van der Waals surface area contributed by atoms with Crippen LogP contribution in [0.2, 0.25) is 0 Å². The minimum absolute atomic E-state index is 0.0433. The van der Waals surface area contributed by atoms with Gasteiger partial charge in [-0.15, -0.1) is 0 Å². The van der Waals surface area contributed by atoms with Crippen molar-refractivity contribution >= 4 is 28.6 Å². The zero-order chi connectivity index (χ0) is 21.7. The third-order valence-electron chi connectivity index (χ3n) is 5.04. The van der Waals surface area contributed by atoms with Gasteiger partial charge in [-0.05, 0) is 58.2 Å². The average molecular weight is 424 g/mol. The molecule has 0 unspecified atom stereocenters. The summed E-state index contributed by atoms with van der Waals surface area (Å²) in [5.41, 5.74) is 1.86. The molecule has 30 heavy (non-hydrogen) atoms. The Bertz CT molecular complexity index is 1060. The van der Waals surface area contributed by atoms with Crippen molar-refractivity contribution in [2.45, 2.75) is 63.0 Å². The van der Waals surface area contributed by atoms with E-state index in [0.29, 0.717) is 16.1 Å². The van der Waals surface area contributed by atoms with Crippen molar-refractivity contribution in [2.24, 2.45) is 0 Å². The molecule has 0 fully saturated rings. The Hall–Kier alpha value is -2.60. The van der Waals surface area contributed by atoms with E-state index in [2.05, 4.69) is 22.4 Å². The monoisotopic (exact) mass is 423 g/mol. The number of carbonyl (C=O) groups is 1. The van der Waals surface area contributed by atoms with Gasteiger partial charge in [-0.2, -0.15) is 0 Å². The number of hydrogen-bond donors (Lipinski definition) is 1. The lowest BCUT2D eigenvalue weighted by Crippen LogP contribution is -2.38. The first-order chi connectivity index (χ1) is 14.4. The van der Waals surface area contributed by atoms with E-state index in [9.17, 15) is 9.59 Å². The number of fused-ring (bicyclic) bond motifs is 1. The van der Waals surface area contributed by atoms with Crippen LogP contribution >= 0.6 is 11.8 Å². The van der Waals surface area contributed by atoms with E-state index >= 15 is 0 Å². The SMILES string of the molecule is CC(C)n1c(S[C@@H](C)C(=O)N[C@@H](C)CCc2ccccc2)nc2ccccc2c1=O. The summed E-state index contributed by atoms with van der Waals surface area (Å²) >= 11 is 1.33. The van der Waals surface area contributed by atoms with Gasteiger partial charge in [-0.25, -0.2) is 4.98 Å². The highest BCUT2D eigenvalue weighted by Gasteiger charge is 2.21. The lowest BCUT2D eigenvalue weighted by atomic mass is 10.1. The Morgan fingerprint density at radius 1 is 1.03 bits per heavy atom. The Labute approximate surface area is 181 Å². The summed E-state index contributed by atoms with van der Waals surface area (Å²) in [5, 5.41) is 3.91. The van der Waals surface area contributed by atoms with Gasteiger partial charge >= 0.3 is 0 Å². The zero-order valence-electron chi connectivity index (χ0n) is 18.0. The molecular weight excluding hydrogens is 394 g/mol. The first-order valence-corrected chi connectivity index (χ1v) is 11.3. The predicted octanol–water partition coefficient (Wildman–Crippen LogP) is 4.60. The van der Waals surface area contributed by atoms with Gasteiger partial charge < -0.3 is 5.32 Å². The van der Waals surface area contributed by atoms with Crippen molar-refractivity contribution in [1.29, 1.82) is 0 Å². The number of para-hydroxylation sites is 1. The van der Waals surface area contributed by atoms with Crippen molar-refractivity contribution in [2.75, 3.05) is 0 Å². The molecule has 1 amide bonds. The number of rotatable bonds is 8. The van der Waals surface area contributed by atoms with E-state index in [1.165, 1.54) is 17.3 Å². The minimum Gasteiger partial charge on any atom is -0.353 e. The number of benzene rings is 2. The van der Waals surface area contributed by atoms with Crippen LogP contribution in [-0.2, 0) is 11.2 Å². The summed E-state index contributed by atoms with van der Waals surface area (Å²) in [7, 11) is 0. The van der Waals surface area contributed by atoms with Crippen LogP contribution < -0.4 is 10.9 Å². The Morgan fingerprint density at radius 2 is 1.70 bits per heavy atom. The predicted molar refractivity (Wildman–Crippen MR) is 124 cm³/mol. The highest BCUT2D eigenvalue weighted by atomic mass is 32.2. The van der Waals surface area contributed by atoms with Gasteiger partial charge in [-0.1, -0.05) is 54.2 Å². The van der Waals surface area contributed by atoms with E-state index in [4.69, 9.17) is 0 Å². The smallest absolute Gasteiger partial charge is 0.262 e. The lowest BCUT2D eigenvalue weighted by Gasteiger charge is -2.20. The van der Waals surface area contributed by atoms with Crippen LogP contribution in [0.25, 0.3) is 10.9 Å². The maximum absolute atomic E-state index is 12.9. The normalized spacial score (nSPS) is 13.4. The van der Waals surface area contributed by atoms with Crippen LogP contribution in [0.5, 0.6) is 0 Å². The van der Waals surface area contributed by atoms with Crippen molar-refractivity contribution in [1.82, 2.24) is 14.9 Å². The van der Waals surface area contributed by atoms with Crippen molar-refractivity contribution in [3.63, 3.8) is 0 Å². The molecule has 1 aromatic heterocycles.